The molecule has 2 saturated heterocycles. The number of hydrogen-bond donors (Lipinski definition) is 2. The molecule has 172 valence electrons. The zero-order chi connectivity index (χ0) is 22.2. The van der Waals surface area contributed by atoms with E-state index in [0.717, 1.165) is 56.6 Å². The van der Waals surface area contributed by atoms with Gasteiger partial charge in [0, 0.05) is 64.2 Å². The second kappa shape index (κ2) is 11.3. The number of aromatic nitrogens is 1. The summed E-state index contributed by atoms with van der Waals surface area (Å²) in [5, 5.41) is 7.11. The van der Waals surface area contributed by atoms with Crippen molar-refractivity contribution in [3.63, 3.8) is 0 Å². The molecule has 6 nitrogen and oxygen atoms in total. The molecule has 4 rings (SSSR count). The minimum atomic E-state index is 0.463. The highest BCUT2D eigenvalue weighted by Gasteiger charge is 2.20. The summed E-state index contributed by atoms with van der Waals surface area (Å²) in [6.45, 7) is 8.61. The first-order chi connectivity index (χ1) is 15.7. The quantitative estimate of drug-likeness (QED) is 0.537. The maximum Gasteiger partial charge on any atom is 0.191 e. The summed E-state index contributed by atoms with van der Waals surface area (Å²) in [7, 11) is 1.85. The highest BCUT2D eigenvalue weighted by molar-refractivity contribution is 5.80. The topological polar surface area (TPSA) is 55.8 Å². The van der Waals surface area contributed by atoms with Crippen LogP contribution >= 0.6 is 0 Å². The average molecular weight is 435 g/mol. The van der Waals surface area contributed by atoms with Crippen LogP contribution in [-0.2, 0) is 13.1 Å². The first kappa shape index (κ1) is 22.6. The highest BCUT2D eigenvalue weighted by Crippen LogP contribution is 2.23. The van der Waals surface area contributed by atoms with Gasteiger partial charge in [-0.1, -0.05) is 25.1 Å². The van der Waals surface area contributed by atoms with E-state index in [2.05, 4.69) is 73.7 Å². The molecule has 0 bridgehead atoms. The molecule has 1 aromatic heterocycles. The Morgan fingerprint density at radius 2 is 1.75 bits per heavy atom. The van der Waals surface area contributed by atoms with E-state index in [4.69, 9.17) is 0 Å². The third-order valence-electron chi connectivity index (χ3n) is 6.81. The Hall–Kier alpha value is -2.60. The lowest BCUT2D eigenvalue weighted by Crippen LogP contribution is -2.48. The van der Waals surface area contributed by atoms with Crippen molar-refractivity contribution in [2.75, 3.05) is 38.1 Å². The molecular weight excluding hydrogens is 396 g/mol. The lowest BCUT2D eigenvalue weighted by Gasteiger charge is -2.33. The van der Waals surface area contributed by atoms with Gasteiger partial charge < -0.3 is 15.5 Å². The zero-order valence-corrected chi connectivity index (χ0v) is 19.6. The van der Waals surface area contributed by atoms with Crippen LogP contribution in [0.1, 0.15) is 43.9 Å². The smallest absolute Gasteiger partial charge is 0.191 e. The molecular formula is C26H38N6. The normalized spacial score (nSPS) is 19.2. The summed E-state index contributed by atoms with van der Waals surface area (Å²) in [5.74, 6) is 1.75. The minimum absolute atomic E-state index is 0.463. The number of anilines is 1. The number of likely N-dealkylation sites (tertiary alicyclic amines) is 1. The lowest BCUT2D eigenvalue weighted by atomic mass is 9.99. The number of pyridine rings is 1. The van der Waals surface area contributed by atoms with E-state index in [0.29, 0.717) is 6.04 Å². The summed E-state index contributed by atoms with van der Waals surface area (Å²) in [6.07, 6.45) is 6.72. The number of guanidine groups is 1. The second-order valence-corrected chi connectivity index (χ2v) is 9.28. The largest absolute Gasteiger partial charge is 0.372 e. The average Bonchev–Trinajstić information content (AvgIpc) is 2.84. The minimum Gasteiger partial charge on any atom is -0.372 e. The molecule has 0 unspecified atom stereocenters. The van der Waals surface area contributed by atoms with Crippen molar-refractivity contribution in [1.82, 2.24) is 20.5 Å². The summed E-state index contributed by atoms with van der Waals surface area (Å²) in [4.78, 5) is 13.9. The number of benzene rings is 1. The van der Waals surface area contributed by atoms with E-state index in [1.807, 2.05) is 19.3 Å². The van der Waals surface area contributed by atoms with Gasteiger partial charge in [0.25, 0.3) is 0 Å². The molecule has 0 radical (unpaired) electrons. The van der Waals surface area contributed by atoms with Gasteiger partial charge in [-0.25, -0.2) is 0 Å². The van der Waals surface area contributed by atoms with Crippen molar-refractivity contribution in [2.45, 2.75) is 51.7 Å². The predicted octanol–water partition coefficient (Wildman–Crippen LogP) is 3.65. The molecule has 2 aliphatic heterocycles. The fourth-order valence-corrected chi connectivity index (χ4v) is 4.62. The molecule has 1 aromatic carbocycles. The number of nitrogens with one attached hydrogen (secondary N) is 2. The molecule has 0 aliphatic carbocycles. The molecule has 0 atom stereocenters. The Kier molecular flexibility index (Phi) is 7.99. The Bertz CT molecular complexity index is 834. The van der Waals surface area contributed by atoms with Gasteiger partial charge in [-0.2, -0.15) is 0 Å². The monoisotopic (exact) mass is 434 g/mol. The first-order valence-electron chi connectivity index (χ1n) is 12.1. The standard InChI is InChI=1S/C26H38N6/c1-21-10-17-32(18-11-21)25-8-6-22(7-9-25)19-29-26(27-2)30-23-12-15-31(16-13-23)20-24-5-3-4-14-28-24/h3-9,14,21,23H,10-13,15-20H2,1-2H3,(H2,27,29,30). The molecule has 2 N–H and O–H groups in total. The van der Waals surface area contributed by atoms with Crippen LogP contribution in [0.3, 0.4) is 0 Å². The van der Waals surface area contributed by atoms with Crippen molar-refractivity contribution >= 4 is 11.6 Å². The van der Waals surface area contributed by atoms with E-state index >= 15 is 0 Å². The van der Waals surface area contributed by atoms with Crippen molar-refractivity contribution in [3.05, 3.63) is 59.9 Å². The Balaban J connectivity index is 1.19. The first-order valence-corrected chi connectivity index (χ1v) is 12.1. The molecule has 32 heavy (non-hydrogen) atoms. The van der Waals surface area contributed by atoms with Crippen LogP contribution in [0.4, 0.5) is 5.69 Å². The number of piperidine rings is 2. The summed E-state index contributed by atoms with van der Waals surface area (Å²) < 4.78 is 0. The molecule has 6 heteroatoms. The zero-order valence-electron chi connectivity index (χ0n) is 19.6. The molecule has 2 aromatic rings. The van der Waals surface area contributed by atoms with E-state index in [-0.39, 0.29) is 0 Å². The van der Waals surface area contributed by atoms with E-state index < -0.39 is 0 Å². The van der Waals surface area contributed by atoms with Crippen molar-refractivity contribution in [2.24, 2.45) is 10.9 Å². The van der Waals surface area contributed by atoms with Crippen LogP contribution in [0.2, 0.25) is 0 Å². The fourth-order valence-electron chi connectivity index (χ4n) is 4.62. The Morgan fingerprint density at radius 1 is 1.00 bits per heavy atom. The lowest BCUT2D eigenvalue weighted by molar-refractivity contribution is 0.196. The van der Waals surface area contributed by atoms with Gasteiger partial charge in [0.15, 0.2) is 5.96 Å². The van der Waals surface area contributed by atoms with Gasteiger partial charge in [0.1, 0.15) is 0 Å². The van der Waals surface area contributed by atoms with E-state index in [1.165, 1.54) is 37.2 Å². The molecule has 0 spiro atoms. The number of hydrogen-bond acceptors (Lipinski definition) is 4. The van der Waals surface area contributed by atoms with Gasteiger partial charge in [0.2, 0.25) is 0 Å². The molecule has 0 saturated carbocycles. The SMILES string of the molecule is CN=C(NCc1ccc(N2CCC(C)CC2)cc1)NC1CCN(Cc2ccccn2)CC1. The number of nitrogens with zero attached hydrogens (tertiary/aromatic N) is 4. The van der Waals surface area contributed by atoms with Crippen molar-refractivity contribution in [3.8, 4) is 0 Å². The van der Waals surface area contributed by atoms with Gasteiger partial charge in [-0.15, -0.1) is 0 Å². The molecule has 0 amide bonds. The Morgan fingerprint density at radius 3 is 2.41 bits per heavy atom. The third kappa shape index (κ3) is 6.45. The van der Waals surface area contributed by atoms with Crippen LogP contribution < -0.4 is 15.5 Å². The predicted molar refractivity (Wildman–Crippen MR) is 133 cm³/mol. The van der Waals surface area contributed by atoms with Gasteiger partial charge in [0.05, 0.1) is 5.69 Å². The van der Waals surface area contributed by atoms with Crippen molar-refractivity contribution in [1.29, 1.82) is 0 Å². The summed E-state index contributed by atoms with van der Waals surface area (Å²) in [5.41, 5.74) is 3.78. The van der Waals surface area contributed by atoms with Gasteiger partial charge in [-0.05, 0) is 61.4 Å². The third-order valence-corrected chi connectivity index (χ3v) is 6.81. The molecule has 2 fully saturated rings. The Labute approximate surface area is 193 Å². The maximum atomic E-state index is 4.45. The summed E-state index contributed by atoms with van der Waals surface area (Å²) in [6, 6.07) is 15.6. The highest BCUT2D eigenvalue weighted by atomic mass is 15.2. The molecule has 2 aliphatic rings. The second-order valence-electron chi connectivity index (χ2n) is 9.28. The number of aliphatic imine (C=N–C) groups is 1. The fraction of sp³-hybridized carbons (Fsp3) is 0.538. The van der Waals surface area contributed by atoms with Crippen LogP contribution in [0.15, 0.2) is 53.7 Å². The number of rotatable bonds is 6. The molecule has 3 heterocycles. The van der Waals surface area contributed by atoms with Gasteiger partial charge >= 0.3 is 0 Å². The van der Waals surface area contributed by atoms with Crippen LogP contribution in [0, 0.1) is 5.92 Å². The van der Waals surface area contributed by atoms with Gasteiger partial charge in [-0.3, -0.25) is 14.9 Å². The van der Waals surface area contributed by atoms with E-state index in [9.17, 15) is 0 Å². The van der Waals surface area contributed by atoms with Crippen LogP contribution in [-0.4, -0.2) is 55.1 Å². The summed E-state index contributed by atoms with van der Waals surface area (Å²) >= 11 is 0. The van der Waals surface area contributed by atoms with Crippen LogP contribution in [0.5, 0.6) is 0 Å². The van der Waals surface area contributed by atoms with E-state index in [1.54, 1.807) is 0 Å². The maximum absolute atomic E-state index is 4.45. The van der Waals surface area contributed by atoms with Crippen molar-refractivity contribution < 1.29 is 0 Å². The van der Waals surface area contributed by atoms with Crippen LogP contribution in [0.25, 0.3) is 0 Å².